The molecule has 1 fully saturated rings. The summed E-state index contributed by atoms with van der Waals surface area (Å²) in [5, 5.41) is 8.55. The van der Waals surface area contributed by atoms with Gasteiger partial charge in [0.05, 0.1) is 5.25 Å². The minimum absolute atomic E-state index is 0.230. The summed E-state index contributed by atoms with van der Waals surface area (Å²) in [4.78, 5) is 27.3. The van der Waals surface area contributed by atoms with E-state index in [0.29, 0.717) is 34.7 Å². The third-order valence-corrected chi connectivity index (χ3v) is 5.99. The van der Waals surface area contributed by atoms with Crippen molar-refractivity contribution in [1.29, 1.82) is 0 Å². The van der Waals surface area contributed by atoms with Crippen LogP contribution >= 0.6 is 23.4 Å². The Kier molecular flexibility index (Phi) is 5.97. The average Bonchev–Trinajstić information content (AvgIpc) is 3.14. The molecule has 4 rings (SSSR count). The maximum absolute atomic E-state index is 13.1. The highest BCUT2D eigenvalue weighted by atomic mass is 35.5. The van der Waals surface area contributed by atoms with Gasteiger partial charge in [0.2, 0.25) is 11.8 Å². The fourth-order valence-electron chi connectivity index (χ4n) is 3.14. The van der Waals surface area contributed by atoms with Crippen LogP contribution in [0.15, 0.2) is 64.2 Å². The monoisotopic (exact) mass is 427 g/mol. The molecule has 1 aromatic heterocycles. The van der Waals surface area contributed by atoms with Crippen LogP contribution in [0.2, 0.25) is 5.02 Å². The molecular formula is C21H18ClN3O3S. The smallest absolute Gasteiger partial charge is 0.277 e. The van der Waals surface area contributed by atoms with Crippen LogP contribution in [0.1, 0.15) is 29.6 Å². The summed E-state index contributed by atoms with van der Waals surface area (Å²) in [7, 11) is 0. The molecule has 2 amide bonds. The third kappa shape index (κ3) is 4.52. The minimum atomic E-state index is -0.446. The van der Waals surface area contributed by atoms with E-state index >= 15 is 0 Å². The van der Waals surface area contributed by atoms with Crippen LogP contribution in [-0.4, -0.2) is 38.7 Å². The van der Waals surface area contributed by atoms with Crippen molar-refractivity contribution >= 4 is 35.2 Å². The van der Waals surface area contributed by atoms with Crippen molar-refractivity contribution in [2.45, 2.75) is 29.7 Å². The van der Waals surface area contributed by atoms with Crippen molar-refractivity contribution in [3.63, 3.8) is 0 Å². The number of aromatic nitrogens is 2. The number of halogens is 1. The fourth-order valence-corrected chi connectivity index (χ4v) is 4.24. The van der Waals surface area contributed by atoms with Gasteiger partial charge in [-0.05, 0) is 49.2 Å². The molecule has 2 heterocycles. The number of hydrogen-bond acceptors (Lipinski definition) is 6. The molecule has 29 heavy (non-hydrogen) atoms. The lowest BCUT2D eigenvalue weighted by Crippen LogP contribution is -2.41. The highest BCUT2D eigenvalue weighted by Crippen LogP contribution is 2.31. The van der Waals surface area contributed by atoms with Gasteiger partial charge in [-0.1, -0.05) is 48.0 Å². The van der Waals surface area contributed by atoms with Crippen molar-refractivity contribution in [2.24, 2.45) is 0 Å². The van der Waals surface area contributed by atoms with E-state index in [9.17, 15) is 9.59 Å². The van der Waals surface area contributed by atoms with Gasteiger partial charge in [-0.15, -0.1) is 10.2 Å². The van der Waals surface area contributed by atoms with E-state index in [1.165, 1.54) is 16.7 Å². The quantitative estimate of drug-likeness (QED) is 0.561. The second-order valence-electron chi connectivity index (χ2n) is 6.64. The first-order valence-corrected chi connectivity index (χ1v) is 10.5. The Hall–Kier alpha value is -2.64. The van der Waals surface area contributed by atoms with Crippen molar-refractivity contribution in [3.8, 4) is 11.5 Å². The number of benzene rings is 2. The van der Waals surface area contributed by atoms with E-state index in [2.05, 4.69) is 10.2 Å². The molecule has 0 aliphatic carbocycles. The number of nitrogens with zero attached hydrogens (tertiary/aromatic N) is 3. The molecule has 0 N–H and O–H groups in total. The Balaban J connectivity index is 1.50. The Morgan fingerprint density at radius 2 is 1.83 bits per heavy atom. The summed E-state index contributed by atoms with van der Waals surface area (Å²) >= 11 is 7.11. The molecule has 6 nitrogen and oxygen atoms in total. The zero-order chi connectivity index (χ0) is 20.2. The molecule has 1 aliphatic heterocycles. The number of hydrogen-bond donors (Lipinski definition) is 0. The average molecular weight is 428 g/mol. The predicted octanol–water partition coefficient (Wildman–Crippen LogP) is 4.70. The van der Waals surface area contributed by atoms with Gasteiger partial charge in [0.25, 0.3) is 11.1 Å². The van der Waals surface area contributed by atoms with Crippen LogP contribution in [-0.2, 0) is 4.79 Å². The van der Waals surface area contributed by atoms with Crippen LogP contribution in [0.25, 0.3) is 11.5 Å². The van der Waals surface area contributed by atoms with Crippen molar-refractivity contribution in [3.05, 3.63) is 65.2 Å². The molecule has 3 aromatic rings. The Morgan fingerprint density at radius 1 is 1.07 bits per heavy atom. The van der Waals surface area contributed by atoms with Crippen LogP contribution < -0.4 is 0 Å². The largest absolute Gasteiger partial charge is 0.411 e. The van der Waals surface area contributed by atoms with Gasteiger partial charge >= 0.3 is 0 Å². The number of imide groups is 1. The number of carbonyl (C=O) groups is 2. The molecule has 0 spiro atoms. The van der Waals surface area contributed by atoms with Gasteiger partial charge < -0.3 is 4.42 Å². The number of carbonyl (C=O) groups excluding carboxylic acids is 2. The Bertz CT molecular complexity index is 1010. The SMILES string of the molecule is O=C(c1ccc(Cl)cc1)N1CCCC[C@@H](Sc2nnc(-c3ccccc3)o2)C1=O. The molecule has 8 heteroatoms. The lowest BCUT2D eigenvalue weighted by atomic mass is 10.2. The van der Waals surface area contributed by atoms with E-state index in [-0.39, 0.29) is 11.8 Å². The summed E-state index contributed by atoms with van der Waals surface area (Å²) < 4.78 is 5.73. The number of rotatable bonds is 4. The first-order chi connectivity index (χ1) is 14.1. The second-order valence-corrected chi connectivity index (χ2v) is 8.23. The fraction of sp³-hybridized carbons (Fsp3) is 0.238. The van der Waals surface area contributed by atoms with Crippen LogP contribution in [0, 0.1) is 0 Å². The van der Waals surface area contributed by atoms with Gasteiger partial charge in [-0.2, -0.15) is 0 Å². The van der Waals surface area contributed by atoms with Gasteiger partial charge in [0, 0.05) is 22.7 Å². The highest BCUT2D eigenvalue weighted by Gasteiger charge is 2.33. The molecule has 1 saturated heterocycles. The minimum Gasteiger partial charge on any atom is -0.411 e. The highest BCUT2D eigenvalue weighted by molar-refractivity contribution is 8.00. The van der Waals surface area contributed by atoms with Gasteiger partial charge in [0.15, 0.2) is 0 Å². The first kappa shape index (κ1) is 19.7. The first-order valence-electron chi connectivity index (χ1n) is 9.28. The molecule has 1 aliphatic rings. The topological polar surface area (TPSA) is 76.3 Å². The van der Waals surface area contributed by atoms with E-state index in [1.807, 2.05) is 30.3 Å². The second kappa shape index (κ2) is 8.80. The van der Waals surface area contributed by atoms with Crippen LogP contribution in [0.5, 0.6) is 0 Å². The number of amides is 2. The molecule has 0 radical (unpaired) electrons. The van der Waals surface area contributed by atoms with Crippen molar-refractivity contribution in [2.75, 3.05) is 6.54 Å². The van der Waals surface area contributed by atoms with E-state index < -0.39 is 5.25 Å². The summed E-state index contributed by atoms with van der Waals surface area (Å²) in [6.07, 6.45) is 2.26. The molecule has 1 atom stereocenters. The summed E-state index contributed by atoms with van der Waals surface area (Å²) in [5.74, 6) is -0.134. The van der Waals surface area contributed by atoms with E-state index in [0.717, 1.165) is 18.4 Å². The normalized spacial score (nSPS) is 17.2. The molecule has 148 valence electrons. The van der Waals surface area contributed by atoms with E-state index in [1.54, 1.807) is 24.3 Å². The Labute approximate surface area is 177 Å². The third-order valence-electron chi connectivity index (χ3n) is 4.65. The molecular weight excluding hydrogens is 410 g/mol. The number of likely N-dealkylation sites (tertiary alicyclic amines) is 1. The zero-order valence-electron chi connectivity index (χ0n) is 15.5. The predicted molar refractivity (Wildman–Crippen MR) is 111 cm³/mol. The molecule has 2 aromatic carbocycles. The maximum atomic E-state index is 13.1. The maximum Gasteiger partial charge on any atom is 0.277 e. The molecule has 0 saturated carbocycles. The van der Waals surface area contributed by atoms with Gasteiger partial charge in [-0.3, -0.25) is 14.5 Å². The van der Waals surface area contributed by atoms with Crippen LogP contribution in [0.3, 0.4) is 0 Å². The van der Waals surface area contributed by atoms with E-state index in [4.69, 9.17) is 16.0 Å². The van der Waals surface area contributed by atoms with Crippen LogP contribution in [0.4, 0.5) is 0 Å². The summed E-state index contributed by atoms with van der Waals surface area (Å²) in [5.41, 5.74) is 1.26. The van der Waals surface area contributed by atoms with Crippen molar-refractivity contribution < 1.29 is 14.0 Å². The Morgan fingerprint density at radius 3 is 2.59 bits per heavy atom. The summed E-state index contributed by atoms with van der Waals surface area (Å²) in [6.45, 7) is 0.399. The standard InChI is InChI=1S/C21H18ClN3O3S/c22-16-11-9-15(10-12-16)19(26)25-13-5-4-8-17(20(25)27)29-21-24-23-18(28-21)14-6-2-1-3-7-14/h1-3,6-7,9-12,17H,4-5,8,13H2/t17-/m1/s1. The van der Waals surface area contributed by atoms with Crippen molar-refractivity contribution in [1.82, 2.24) is 15.1 Å². The zero-order valence-corrected chi connectivity index (χ0v) is 17.0. The van der Waals surface area contributed by atoms with Gasteiger partial charge in [-0.25, -0.2) is 0 Å². The lowest BCUT2D eigenvalue weighted by molar-refractivity contribution is -0.127. The molecule has 0 unspecified atom stereocenters. The number of thioether (sulfide) groups is 1. The molecule has 0 bridgehead atoms. The summed E-state index contributed by atoms with van der Waals surface area (Å²) in [6, 6.07) is 16.0. The van der Waals surface area contributed by atoms with Gasteiger partial charge in [0.1, 0.15) is 0 Å². The lowest BCUT2D eigenvalue weighted by Gasteiger charge is -2.21.